The van der Waals surface area contributed by atoms with Gasteiger partial charge >= 0.3 is 0 Å². The molecule has 0 unspecified atom stereocenters. The molecule has 4 aromatic carbocycles. The van der Waals surface area contributed by atoms with Gasteiger partial charge in [0, 0.05) is 108 Å². The van der Waals surface area contributed by atoms with Crippen molar-refractivity contribution in [1.29, 1.82) is 0 Å². The molecule has 14 heteroatoms. The monoisotopic (exact) mass is 971 g/mol. The minimum Gasteiger partial charge on any atom is -0.493 e. The van der Waals surface area contributed by atoms with E-state index in [0.717, 1.165) is 60.4 Å². The Kier molecular flexibility index (Phi) is 16.4. The minimum atomic E-state index is 0. The maximum atomic E-state index is 12.4. The number of Topliss-reactive ketones (excluding diaryl/α,β-unsaturated/α-hetero) is 2. The van der Waals surface area contributed by atoms with Gasteiger partial charge < -0.3 is 55.4 Å². The number of ether oxygens (including phenoxy) is 6. The summed E-state index contributed by atoms with van der Waals surface area (Å²) in [5, 5.41) is 3.06. The SMILES string of the molecule is CCOc1cc(N(C)C)ccc1I.CCOc1cc(N(C)C)ccc1N1CC(=O)Cc2cc3c(cc21)OCO3.O=C1CNc2cc3c(cc2C1)OCO3.[CH2-]C.[Pd]. The predicted molar refractivity (Wildman–Crippen MR) is 226 cm³/mol. The van der Waals surface area contributed by atoms with Crippen molar-refractivity contribution < 1.29 is 58.4 Å². The molecule has 0 bridgehead atoms. The number of hydrogen-bond donors (Lipinski definition) is 1. The van der Waals surface area contributed by atoms with Crippen LogP contribution in [0.3, 0.4) is 0 Å². The van der Waals surface area contributed by atoms with Gasteiger partial charge in [-0.1, -0.05) is 0 Å². The number of nitrogens with zero attached hydrogens (tertiary/aromatic N) is 3. The van der Waals surface area contributed by atoms with Gasteiger partial charge in [-0.25, -0.2) is 0 Å². The third-order valence-electron chi connectivity index (χ3n) is 8.83. The Bertz CT molecular complexity index is 1990. The number of fused-ring (bicyclic) bond motifs is 4. The molecule has 8 rings (SSSR count). The molecule has 12 nitrogen and oxygen atoms in total. The second-order valence-electron chi connectivity index (χ2n) is 13.0. The van der Waals surface area contributed by atoms with Crippen LogP contribution in [0.1, 0.15) is 31.9 Å². The molecule has 4 aliphatic heterocycles. The first-order valence-electron chi connectivity index (χ1n) is 18.2. The first kappa shape index (κ1) is 44.3. The Morgan fingerprint density at radius 3 is 1.82 bits per heavy atom. The van der Waals surface area contributed by atoms with Crippen molar-refractivity contribution in [1.82, 2.24) is 0 Å². The molecule has 56 heavy (non-hydrogen) atoms. The van der Waals surface area contributed by atoms with E-state index in [2.05, 4.69) is 57.9 Å². The number of carbonyl (C=O) groups is 2. The summed E-state index contributed by atoms with van der Waals surface area (Å²) in [6.45, 7) is 11.4. The molecule has 0 radical (unpaired) electrons. The van der Waals surface area contributed by atoms with Crippen LogP contribution in [0.2, 0.25) is 0 Å². The van der Waals surface area contributed by atoms with Crippen LogP contribution >= 0.6 is 22.6 Å². The maximum Gasteiger partial charge on any atom is 0.231 e. The van der Waals surface area contributed by atoms with Crippen molar-refractivity contribution in [2.45, 2.75) is 33.6 Å². The summed E-state index contributed by atoms with van der Waals surface area (Å²) in [7, 11) is 8.03. The topological polar surface area (TPSA) is 111 Å². The van der Waals surface area contributed by atoms with E-state index in [9.17, 15) is 9.59 Å². The molecule has 1 N–H and O–H groups in total. The van der Waals surface area contributed by atoms with Crippen molar-refractivity contribution in [3.63, 3.8) is 0 Å². The van der Waals surface area contributed by atoms with E-state index in [0.29, 0.717) is 50.6 Å². The number of ketones is 2. The summed E-state index contributed by atoms with van der Waals surface area (Å²) in [5.41, 5.74) is 6.98. The Balaban J connectivity index is 0.000000197. The quantitative estimate of drug-likeness (QED) is 0.111. The fraction of sp³-hybridized carbons (Fsp3) is 0.357. The van der Waals surface area contributed by atoms with Crippen molar-refractivity contribution in [2.75, 3.05) is 88.1 Å². The van der Waals surface area contributed by atoms with Gasteiger partial charge in [0.05, 0.1) is 35.6 Å². The van der Waals surface area contributed by atoms with Crippen LogP contribution in [0.5, 0.6) is 34.5 Å². The van der Waals surface area contributed by atoms with Gasteiger partial charge in [0.1, 0.15) is 11.5 Å². The Hall–Kier alpha value is -4.39. The van der Waals surface area contributed by atoms with Crippen molar-refractivity contribution in [2.24, 2.45) is 0 Å². The van der Waals surface area contributed by atoms with Crippen LogP contribution in [0, 0.1) is 10.5 Å². The molecule has 0 saturated carbocycles. The van der Waals surface area contributed by atoms with Crippen molar-refractivity contribution >= 4 is 62.6 Å². The van der Waals surface area contributed by atoms with Crippen LogP contribution in [0.25, 0.3) is 0 Å². The van der Waals surface area contributed by atoms with Gasteiger partial charge in [-0.3, -0.25) is 9.59 Å². The summed E-state index contributed by atoms with van der Waals surface area (Å²) >= 11 is 2.28. The molecule has 0 amide bonds. The first-order valence-corrected chi connectivity index (χ1v) is 19.3. The Morgan fingerprint density at radius 1 is 0.696 bits per heavy atom. The number of benzene rings is 4. The number of carbonyl (C=O) groups excluding carboxylic acids is 2. The molecule has 4 aliphatic rings. The van der Waals surface area contributed by atoms with Gasteiger partial charge in [0.25, 0.3) is 0 Å². The van der Waals surface area contributed by atoms with E-state index in [1.807, 2.05) is 94.3 Å². The van der Waals surface area contributed by atoms with Gasteiger partial charge in [-0.2, -0.15) is 6.92 Å². The third-order valence-corrected chi connectivity index (χ3v) is 9.72. The van der Waals surface area contributed by atoms with E-state index in [1.165, 1.54) is 5.69 Å². The van der Waals surface area contributed by atoms with Crippen LogP contribution in [0.15, 0.2) is 60.7 Å². The summed E-state index contributed by atoms with van der Waals surface area (Å²) in [4.78, 5) is 29.7. The molecule has 0 saturated heterocycles. The molecule has 0 aromatic heterocycles. The molecule has 0 atom stereocenters. The predicted octanol–water partition coefficient (Wildman–Crippen LogP) is 7.69. The minimum absolute atomic E-state index is 0. The van der Waals surface area contributed by atoms with Crippen LogP contribution < -0.4 is 48.4 Å². The van der Waals surface area contributed by atoms with Crippen LogP contribution in [-0.2, 0) is 42.9 Å². The van der Waals surface area contributed by atoms with E-state index >= 15 is 0 Å². The smallest absolute Gasteiger partial charge is 0.231 e. The van der Waals surface area contributed by atoms with Gasteiger partial charge in [-0.15, -0.1) is 0 Å². The molecule has 0 spiro atoms. The second kappa shape index (κ2) is 20.7. The molecule has 0 fully saturated rings. The maximum absolute atomic E-state index is 12.4. The average Bonchev–Trinajstić information content (AvgIpc) is 3.84. The van der Waals surface area contributed by atoms with Crippen LogP contribution in [0.4, 0.5) is 28.4 Å². The summed E-state index contributed by atoms with van der Waals surface area (Å²) in [6.07, 6.45) is 0.890. The molecular formula is C42H50IN4O8Pd-. The molecule has 4 heterocycles. The fourth-order valence-electron chi connectivity index (χ4n) is 6.19. The van der Waals surface area contributed by atoms with E-state index in [4.69, 9.17) is 28.4 Å². The largest absolute Gasteiger partial charge is 0.493 e. The van der Waals surface area contributed by atoms with E-state index in [1.54, 1.807) is 6.92 Å². The van der Waals surface area contributed by atoms with Gasteiger partial charge in [0.2, 0.25) is 13.6 Å². The van der Waals surface area contributed by atoms with Crippen molar-refractivity contribution in [3.05, 3.63) is 82.3 Å². The molecular weight excluding hydrogens is 922 g/mol. The summed E-state index contributed by atoms with van der Waals surface area (Å²) in [5.74, 6) is 5.00. The van der Waals surface area contributed by atoms with Crippen molar-refractivity contribution in [3.8, 4) is 34.5 Å². The number of anilines is 5. The first-order chi connectivity index (χ1) is 26.5. The molecule has 4 aromatic rings. The average molecular weight is 972 g/mol. The zero-order valence-corrected chi connectivity index (χ0v) is 36.7. The Morgan fingerprint density at radius 2 is 1.21 bits per heavy atom. The third kappa shape index (κ3) is 10.7. The Labute approximate surface area is 357 Å². The number of nitrogens with one attached hydrogen (secondary N) is 1. The van der Waals surface area contributed by atoms with Gasteiger partial charge in [-0.05, 0) is 84.0 Å². The molecule has 0 aliphatic carbocycles. The van der Waals surface area contributed by atoms with Gasteiger partial charge in [0.15, 0.2) is 34.6 Å². The molecule has 304 valence electrons. The zero-order valence-electron chi connectivity index (χ0n) is 32.9. The zero-order chi connectivity index (χ0) is 39.6. The van der Waals surface area contributed by atoms with E-state index in [-0.39, 0.29) is 45.6 Å². The normalized spacial score (nSPS) is 13.8. The second-order valence-corrected chi connectivity index (χ2v) is 14.2. The number of halogens is 1. The standard InChI is InChI=1S/C20H22N2O4.C10H14INO.C10H9NO3.C2H5.Pd/c1-4-24-18-9-14(21(2)3)5-6-16(18)22-11-15(23)7-13-8-19-20(10-17(13)22)26-12-25-19;1-4-13-10-7-8(12(2)3)5-6-9(10)11;12-7-1-6-2-9-10(14-5-13-9)3-8(6)11-4-7;1-2;/h5-6,8-10H,4,7,11-12H2,1-3H3;5-7H,4H2,1-3H3;2-3,11H,1,4-5H2;1H2,2H3;/q;;;-1;. The fourth-order valence-corrected chi connectivity index (χ4v) is 6.68. The van der Waals surface area contributed by atoms with Crippen LogP contribution in [-0.4, -0.2) is 79.6 Å². The number of rotatable bonds is 7. The summed E-state index contributed by atoms with van der Waals surface area (Å²) in [6, 6.07) is 19.9. The summed E-state index contributed by atoms with van der Waals surface area (Å²) < 4.78 is 34.0. The van der Waals surface area contributed by atoms with E-state index < -0.39 is 0 Å². The number of hydrogen-bond acceptors (Lipinski definition) is 12.